The Morgan fingerprint density at radius 1 is 1.05 bits per heavy atom. The van der Waals surface area contributed by atoms with Gasteiger partial charge in [-0.25, -0.2) is 0 Å². The van der Waals surface area contributed by atoms with Crippen LogP contribution in [0, 0.1) is 9.49 Å². The number of nitrogens with one attached hydrogen (secondary N) is 1. The average molecular weight is 633 g/mol. The van der Waals surface area contributed by atoms with E-state index >= 15 is 0 Å². The molecule has 8 heteroatoms. The lowest BCUT2D eigenvalue weighted by Gasteiger charge is -2.41. The molecule has 204 valence electrons. The van der Waals surface area contributed by atoms with E-state index in [0.29, 0.717) is 30.2 Å². The van der Waals surface area contributed by atoms with Gasteiger partial charge in [0.1, 0.15) is 18.0 Å². The molecule has 2 aromatic rings. The molecule has 0 saturated heterocycles. The van der Waals surface area contributed by atoms with Crippen LogP contribution in [-0.2, 0) is 16.1 Å². The Balaban J connectivity index is 1.62. The fraction of sp³-hybridized carbons (Fsp3) is 0.467. The summed E-state index contributed by atoms with van der Waals surface area (Å²) in [6.07, 6.45) is 6.05. The lowest BCUT2D eigenvalue weighted by Crippen LogP contribution is -2.54. The number of carbonyl (C=O) groups is 2. The first-order valence-electron chi connectivity index (χ1n) is 13.5. The SMILES string of the molecule is O=C(NCCO)C1=C[C@H](Oc2ccccc2I)[C@@H](O)[C@H](N(Cc2ccccc2)C(=O)CCC2CCCC2)C1. The van der Waals surface area contributed by atoms with Gasteiger partial charge in [0.25, 0.3) is 0 Å². The number of para-hydroxylation sites is 1. The molecule has 4 rings (SSSR count). The summed E-state index contributed by atoms with van der Waals surface area (Å²) >= 11 is 2.18. The van der Waals surface area contributed by atoms with Crippen molar-refractivity contribution in [1.82, 2.24) is 10.2 Å². The number of hydrogen-bond donors (Lipinski definition) is 3. The molecule has 2 aliphatic carbocycles. The molecule has 2 aliphatic rings. The van der Waals surface area contributed by atoms with Gasteiger partial charge in [-0.1, -0.05) is 68.1 Å². The van der Waals surface area contributed by atoms with Gasteiger partial charge < -0.3 is 25.2 Å². The highest BCUT2D eigenvalue weighted by Crippen LogP contribution is 2.32. The Kier molecular flexibility index (Phi) is 10.6. The summed E-state index contributed by atoms with van der Waals surface area (Å²) in [4.78, 5) is 28.5. The van der Waals surface area contributed by atoms with Gasteiger partial charge in [-0.3, -0.25) is 9.59 Å². The Labute approximate surface area is 238 Å². The number of halogens is 1. The van der Waals surface area contributed by atoms with Crippen molar-refractivity contribution in [3.05, 3.63) is 75.4 Å². The number of carbonyl (C=O) groups excluding carboxylic acids is 2. The van der Waals surface area contributed by atoms with E-state index in [1.807, 2.05) is 54.6 Å². The predicted molar refractivity (Wildman–Crippen MR) is 154 cm³/mol. The largest absolute Gasteiger partial charge is 0.482 e. The highest BCUT2D eigenvalue weighted by Gasteiger charge is 2.40. The third-order valence-corrected chi connectivity index (χ3v) is 8.36. The summed E-state index contributed by atoms with van der Waals surface area (Å²) in [7, 11) is 0. The van der Waals surface area contributed by atoms with Crippen LogP contribution < -0.4 is 10.1 Å². The van der Waals surface area contributed by atoms with Crippen LogP contribution in [-0.4, -0.2) is 58.3 Å². The van der Waals surface area contributed by atoms with Gasteiger partial charge in [-0.2, -0.15) is 0 Å². The van der Waals surface area contributed by atoms with Crippen molar-refractivity contribution in [2.24, 2.45) is 5.92 Å². The average Bonchev–Trinajstić information content (AvgIpc) is 3.46. The third kappa shape index (κ3) is 7.57. The molecule has 3 N–H and O–H groups in total. The van der Waals surface area contributed by atoms with Gasteiger partial charge in [-0.05, 0) is 58.7 Å². The van der Waals surface area contributed by atoms with E-state index in [4.69, 9.17) is 4.74 Å². The maximum Gasteiger partial charge on any atom is 0.247 e. The van der Waals surface area contributed by atoms with Gasteiger partial charge in [0, 0.05) is 31.5 Å². The van der Waals surface area contributed by atoms with Gasteiger partial charge in [-0.15, -0.1) is 0 Å². The van der Waals surface area contributed by atoms with E-state index < -0.39 is 18.2 Å². The molecule has 0 bridgehead atoms. The standard InChI is InChI=1S/C30H37IN2O5/c31-24-12-6-7-13-26(24)38-27-19-23(30(37)32-16-17-34)18-25(29(27)36)33(20-22-10-2-1-3-11-22)28(35)15-14-21-8-4-5-9-21/h1-3,6-7,10-13,19,21,25,27,29,34,36H,4-5,8-9,14-18,20H2,(H,32,37)/t25-,27+,29+/m1/s1. The molecule has 2 amide bonds. The minimum Gasteiger partial charge on any atom is -0.482 e. The highest BCUT2D eigenvalue weighted by atomic mass is 127. The second-order valence-corrected chi connectivity index (χ2v) is 11.3. The van der Waals surface area contributed by atoms with Crippen LogP contribution >= 0.6 is 22.6 Å². The predicted octanol–water partition coefficient (Wildman–Crippen LogP) is 4.21. The number of rotatable bonds is 11. The van der Waals surface area contributed by atoms with Crippen molar-refractivity contribution in [3.63, 3.8) is 0 Å². The highest BCUT2D eigenvalue weighted by molar-refractivity contribution is 14.1. The van der Waals surface area contributed by atoms with Crippen molar-refractivity contribution in [3.8, 4) is 5.75 Å². The molecular formula is C30H37IN2O5. The van der Waals surface area contributed by atoms with E-state index in [1.54, 1.807) is 11.0 Å². The minimum atomic E-state index is -1.03. The second-order valence-electron chi connectivity index (χ2n) is 10.1. The molecule has 0 aliphatic heterocycles. The Morgan fingerprint density at radius 3 is 2.47 bits per heavy atom. The molecule has 0 heterocycles. The number of aliphatic hydroxyl groups is 2. The zero-order valence-electron chi connectivity index (χ0n) is 21.6. The van der Waals surface area contributed by atoms with Crippen molar-refractivity contribution in [2.45, 2.75) is 69.7 Å². The first-order chi connectivity index (χ1) is 18.5. The first kappa shape index (κ1) is 28.6. The molecule has 1 fully saturated rings. The topological polar surface area (TPSA) is 99.1 Å². The molecule has 38 heavy (non-hydrogen) atoms. The number of benzene rings is 2. The van der Waals surface area contributed by atoms with Crippen LogP contribution in [0.2, 0.25) is 0 Å². The maximum absolute atomic E-state index is 13.7. The number of ether oxygens (including phenoxy) is 1. The van der Waals surface area contributed by atoms with Gasteiger partial charge in [0.05, 0.1) is 16.2 Å². The molecule has 3 atom stereocenters. The van der Waals surface area contributed by atoms with E-state index in [1.165, 1.54) is 25.7 Å². The summed E-state index contributed by atoms with van der Waals surface area (Å²) in [5, 5.41) is 23.5. The Hall–Kier alpha value is -2.43. The van der Waals surface area contributed by atoms with Crippen LogP contribution in [0.25, 0.3) is 0 Å². The first-order valence-corrected chi connectivity index (χ1v) is 14.6. The summed E-state index contributed by atoms with van der Waals surface area (Å²) in [5.41, 5.74) is 1.40. The van der Waals surface area contributed by atoms with Crippen LogP contribution in [0.1, 0.15) is 50.5 Å². The molecular weight excluding hydrogens is 595 g/mol. The molecule has 0 aromatic heterocycles. The summed E-state index contributed by atoms with van der Waals surface area (Å²) < 4.78 is 7.12. The lowest BCUT2D eigenvalue weighted by molar-refractivity contribution is -0.139. The summed E-state index contributed by atoms with van der Waals surface area (Å²) in [5.74, 6) is 0.830. The van der Waals surface area contributed by atoms with Crippen molar-refractivity contribution >= 4 is 34.4 Å². The van der Waals surface area contributed by atoms with Crippen LogP contribution in [0.4, 0.5) is 0 Å². The molecule has 0 unspecified atom stereocenters. The Bertz CT molecular complexity index is 1100. The number of aliphatic hydroxyl groups excluding tert-OH is 2. The molecule has 1 saturated carbocycles. The van der Waals surface area contributed by atoms with Gasteiger partial charge >= 0.3 is 0 Å². The second kappa shape index (κ2) is 14.1. The fourth-order valence-corrected chi connectivity index (χ4v) is 5.92. The van der Waals surface area contributed by atoms with Crippen LogP contribution in [0.5, 0.6) is 5.75 Å². The smallest absolute Gasteiger partial charge is 0.247 e. The third-order valence-electron chi connectivity index (χ3n) is 7.47. The number of nitrogens with zero attached hydrogens (tertiary/aromatic N) is 1. The van der Waals surface area contributed by atoms with Gasteiger partial charge in [0.15, 0.2) is 0 Å². The molecule has 0 spiro atoms. The monoisotopic (exact) mass is 632 g/mol. The maximum atomic E-state index is 13.7. The normalized spacial score (nSPS) is 21.6. The zero-order valence-corrected chi connectivity index (χ0v) is 23.8. The summed E-state index contributed by atoms with van der Waals surface area (Å²) in [6, 6.07) is 16.6. The molecule has 7 nitrogen and oxygen atoms in total. The van der Waals surface area contributed by atoms with Crippen molar-refractivity contribution < 1.29 is 24.5 Å². The van der Waals surface area contributed by atoms with Crippen molar-refractivity contribution in [1.29, 1.82) is 0 Å². The number of amides is 2. The van der Waals surface area contributed by atoms with E-state index in [-0.39, 0.29) is 31.4 Å². The van der Waals surface area contributed by atoms with E-state index in [2.05, 4.69) is 27.9 Å². The number of hydrogen-bond acceptors (Lipinski definition) is 5. The molecule has 0 radical (unpaired) electrons. The van der Waals surface area contributed by atoms with Crippen LogP contribution in [0.3, 0.4) is 0 Å². The summed E-state index contributed by atoms with van der Waals surface area (Å²) in [6.45, 7) is 0.291. The van der Waals surface area contributed by atoms with E-state index in [0.717, 1.165) is 15.6 Å². The molecule has 2 aromatic carbocycles. The van der Waals surface area contributed by atoms with Crippen molar-refractivity contribution in [2.75, 3.05) is 13.2 Å². The fourth-order valence-electron chi connectivity index (χ4n) is 5.41. The Morgan fingerprint density at radius 2 is 1.76 bits per heavy atom. The zero-order chi connectivity index (χ0) is 26.9. The quantitative estimate of drug-likeness (QED) is 0.323. The lowest BCUT2D eigenvalue weighted by atomic mass is 9.87. The van der Waals surface area contributed by atoms with E-state index in [9.17, 15) is 19.8 Å². The van der Waals surface area contributed by atoms with Gasteiger partial charge in [0.2, 0.25) is 11.8 Å². The van der Waals surface area contributed by atoms with Crippen LogP contribution in [0.15, 0.2) is 66.2 Å². The minimum absolute atomic E-state index is 0.0186.